The molecule has 1 aromatic carbocycles. The van der Waals surface area contributed by atoms with Crippen LogP contribution in [0.5, 0.6) is 0 Å². The quantitative estimate of drug-likeness (QED) is 0.683. The summed E-state index contributed by atoms with van der Waals surface area (Å²) in [5, 5.41) is 11.9. The topological polar surface area (TPSA) is 61.4 Å². The summed E-state index contributed by atoms with van der Waals surface area (Å²) in [6, 6.07) is 6.83. The van der Waals surface area contributed by atoms with Crippen molar-refractivity contribution in [1.82, 2.24) is 10.6 Å². The highest BCUT2D eigenvalue weighted by atomic mass is 79.9. The van der Waals surface area contributed by atoms with Gasteiger partial charge in [0.25, 0.3) is 0 Å². The van der Waals surface area contributed by atoms with Gasteiger partial charge in [0.05, 0.1) is 0 Å². The van der Waals surface area contributed by atoms with Crippen LogP contribution in [0.4, 0.5) is 18.0 Å². The van der Waals surface area contributed by atoms with E-state index in [4.69, 9.17) is 5.11 Å². The number of aliphatic hydroxyl groups excluding tert-OH is 1. The molecule has 0 aliphatic heterocycles. The van der Waals surface area contributed by atoms with Gasteiger partial charge in [-0.15, -0.1) is 0 Å². The Balaban J connectivity index is 0.00000211. The van der Waals surface area contributed by atoms with Gasteiger partial charge in [0, 0.05) is 30.2 Å². The SMILES string of the molecule is C=C(CCNC(=O)NCc1cccc(Br)c1)C(F)(F)F.CO. The molecular formula is C14H18BrF3N2O2. The second-order valence-electron chi connectivity index (χ2n) is 4.09. The Morgan fingerprint density at radius 2 is 1.95 bits per heavy atom. The Bertz CT molecular complexity index is 493. The maximum absolute atomic E-state index is 12.1. The third-order valence-corrected chi connectivity index (χ3v) is 2.95. The second kappa shape index (κ2) is 10.2. The van der Waals surface area contributed by atoms with Crippen molar-refractivity contribution in [2.75, 3.05) is 13.7 Å². The number of amides is 2. The average molecular weight is 383 g/mol. The number of carbonyl (C=O) groups is 1. The van der Waals surface area contributed by atoms with Gasteiger partial charge in [0.1, 0.15) is 0 Å². The summed E-state index contributed by atoms with van der Waals surface area (Å²) in [5.41, 5.74) is 0.0269. The Morgan fingerprint density at radius 3 is 2.50 bits per heavy atom. The maximum Gasteiger partial charge on any atom is 0.412 e. The third kappa shape index (κ3) is 8.68. The molecule has 4 nitrogen and oxygen atoms in total. The number of carbonyl (C=O) groups excluding carboxylic acids is 1. The van der Waals surface area contributed by atoms with Gasteiger partial charge in [0.2, 0.25) is 0 Å². The van der Waals surface area contributed by atoms with Gasteiger partial charge in [-0.1, -0.05) is 34.6 Å². The van der Waals surface area contributed by atoms with E-state index >= 15 is 0 Å². The van der Waals surface area contributed by atoms with Crippen LogP contribution in [0.2, 0.25) is 0 Å². The molecule has 3 N–H and O–H groups in total. The molecule has 124 valence electrons. The summed E-state index contributed by atoms with van der Waals surface area (Å²) in [6.45, 7) is 3.11. The fourth-order valence-electron chi connectivity index (χ4n) is 1.36. The van der Waals surface area contributed by atoms with Crippen LogP contribution in [0.25, 0.3) is 0 Å². The van der Waals surface area contributed by atoms with E-state index in [1.165, 1.54) is 0 Å². The fourth-order valence-corrected chi connectivity index (χ4v) is 1.81. The van der Waals surface area contributed by atoms with Gasteiger partial charge < -0.3 is 15.7 Å². The third-order valence-electron chi connectivity index (χ3n) is 2.46. The molecule has 0 aliphatic carbocycles. The van der Waals surface area contributed by atoms with Gasteiger partial charge in [-0.25, -0.2) is 4.79 Å². The van der Waals surface area contributed by atoms with Crippen LogP contribution >= 0.6 is 15.9 Å². The monoisotopic (exact) mass is 382 g/mol. The molecule has 2 amide bonds. The van der Waals surface area contributed by atoms with Crippen LogP contribution in [0.15, 0.2) is 40.9 Å². The summed E-state index contributed by atoms with van der Waals surface area (Å²) in [6.07, 6.45) is -4.73. The molecule has 1 aromatic rings. The number of hydrogen-bond acceptors (Lipinski definition) is 2. The van der Waals surface area contributed by atoms with Crippen molar-refractivity contribution < 1.29 is 23.1 Å². The standard InChI is InChI=1S/C13H14BrF3N2O.CH4O/c1-9(13(15,16)17)5-6-18-12(20)19-8-10-3-2-4-11(14)7-10;1-2/h2-4,7H,1,5-6,8H2,(H2,18,19,20);2H,1H3. The molecule has 0 aromatic heterocycles. The highest BCUT2D eigenvalue weighted by molar-refractivity contribution is 9.10. The molecule has 0 saturated heterocycles. The van der Waals surface area contributed by atoms with Gasteiger partial charge in [-0.05, 0) is 24.1 Å². The Morgan fingerprint density at radius 1 is 1.32 bits per heavy atom. The Labute approximate surface area is 135 Å². The first kappa shape index (κ1) is 20.5. The number of nitrogens with one attached hydrogen (secondary N) is 2. The van der Waals surface area contributed by atoms with Crippen molar-refractivity contribution in [2.45, 2.75) is 19.1 Å². The second-order valence-corrected chi connectivity index (χ2v) is 5.01. The van der Waals surface area contributed by atoms with Crippen molar-refractivity contribution in [3.05, 3.63) is 46.5 Å². The summed E-state index contributed by atoms with van der Waals surface area (Å²) in [4.78, 5) is 11.4. The summed E-state index contributed by atoms with van der Waals surface area (Å²) in [5.74, 6) is 0. The van der Waals surface area contributed by atoms with E-state index in [0.717, 1.165) is 17.1 Å². The molecule has 0 heterocycles. The van der Waals surface area contributed by atoms with Crippen molar-refractivity contribution in [1.29, 1.82) is 0 Å². The molecule has 1 rings (SSSR count). The highest BCUT2D eigenvalue weighted by Gasteiger charge is 2.30. The molecule has 22 heavy (non-hydrogen) atoms. The minimum absolute atomic E-state index is 0.108. The lowest BCUT2D eigenvalue weighted by atomic mass is 10.2. The largest absolute Gasteiger partial charge is 0.412 e. The molecular weight excluding hydrogens is 365 g/mol. The zero-order valence-electron chi connectivity index (χ0n) is 12.0. The van der Waals surface area contributed by atoms with Gasteiger partial charge in [0.15, 0.2) is 0 Å². The van der Waals surface area contributed by atoms with Crippen LogP contribution < -0.4 is 10.6 Å². The number of alkyl halides is 3. The fraction of sp³-hybridized carbons (Fsp3) is 0.357. The smallest absolute Gasteiger partial charge is 0.400 e. The number of benzene rings is 1. The van der Waals surface area contributed by atoms with Crippen molar-refractivity contribution in [3.8, 4) is 0 Å². The molecule has 0 aliphatic rings. The number of halogens is 4. The first-order chi connectivity index (χ1) is 10.3. The van der Waals surface area contributed by atoms with E-state index in [1.54, 1.807) is 0 Å². The van der Waals surface area contributed by atoms with E-state index in [9.17, 15) is 18.0 Å². The van der Waals surface area contributed by atoms with Crippen LogP contribution in [0, 0.1) is 0 Å². The first-order valence-electron chi connectivity index (χ1n) is 6.25. The number of urea groups is 1. The summed E-state index contributed by atoms with van der Waals surface area (Å²) < 4.78 is 37.3. The number of hydrogen-bond donors (Lipinski definition) is 3. The molecule has 0 atom stereocenters. The predicted molar refractivity (Wildman–Crippen MR) is 82.3 cm³/mol. The van der Waals surface area contributed by atoms with E-state index in [-0.39, 0.29) is 13.0 Å². The lowest BCUT2D eigenvalue weighted by Gasteiger charge is -2.11. The van der Waals surface area contributed by atoms with E-state index in [2.05, 4.69) is 33.1 Å². The molecule has 0 saturated carbocycles. The minimum Gasteiger partial charge on any atom is -0.400 e. The van der Waals surface area contributed by atoms with Gasteiger partial charge >= 0.3 is 12.2 Å². The lowest BCUT2D eigenvalue weighted by molar-refractivity contribution is -0.0934. The molecule has 0 bridgehead atoms. The van der Waals surface area contributed by atoms with E-state index in [1.807, 2.05) is 24.3 Å². The van der Waals surface area contributed by atoms with Crippen LogP contribution in [0.1, 0.15) is 12.0 Å². The first-order valence-corrected chi connectivity index (χ1v) is 7.04. The highest BCUT2D eigenvalue weighted by Crippen LogP contribution is 2.25. The van der Waals surface area contributed by atoms with Gasteiger partial charge in [-0.3, -0.25) is 0 Å². The number of rotatable bonds is 5. The molecule has 0 radical (unpaired) electrons. The Hall–Kier alpha value is -1.54. The molecule has 8 heteroatoms. The van der Waals surface area contributed by atoms with Gasteiger partial charge in [-0.2, -0.15) is 13.2 Å². The normalized spacial score (nSPS) is 10.3. The zero-order chi connectivity index (χ0) is 17.2. The summed E-state index contributed by atoms with van der Waals surface area (Å²) in [7, 11) is 1.00. The summed E-state index contributed by atoms with van der Waals surface area (Å²) >= 11 is 3.30. The molecule has 0 spiro atoms. The average Bonchev–Trinajstić information content (AvgIpc) is 2.46. The molecule has 0 fully saturated rings. The van der Waals surface area contributed by atoms with Crippen LogP contribution in [-0.4, -0.2) is 31.0 Å². The van der Waals surface area contributed by atoms with Crippen LogP contribution in [0.3, 0.4) is 0 Å². The molecule has 0 unspecified atom stereocenters. The van der Waals surface area contributed by atoms with E-state index in [0.29, 0.717) is 6.54 Å². The zero-order valence-corrected chi connectivity index (χ0v) is 13.6. The van der Waals surface area contributed by atoms with Crippen LogP contribution in [-0.2, 0) is 6.54 Å². The lowest BCUT2D eigenvalue weighted by Crippen LogP contribution is -2.36. The predicted octanol–water partition coefficient (Wildman–Crippen LogP) is 3.37. The number of aliphatic hydroxyl groups is 1. The van der Waals surface area contributed by atoms with Crippen molar-refractivity contribution >= 4 is 22.0 Å². The van der Waals surface area contributed by atoms with Crippen molar-refractivity contribution in [2.24, 2.45) is 0 Å². The maximum atomic E-state index is 12.1. The van der Waals surface area contributed by atoms with Crippen molar-refractivity contribution in [3.63, 3.8) is 0 Å². The van der Waals surface area contributed by atoms with E-state index < -0.39 is 17.8 Å². The Kier molecular flexibility index (Phi) is 9.51. The minimum atomic E-state index is -4.41.